The Bertz CT molecular complexity index is 782. The fourth-order valence-electron chi connectivity index (χ4n) is 2.13. The first-order chi connectivity index (χ1) is 11.2. The van der Waals surface area contributed by atoms with Crippen LogP contribution in [0.15, 0.2) is 18.2 Å². The fraction of sp³-hybridized carbons (Fsp3) is 0.312. The lowest BCUT2D eigenvalue weighted by Crippen LogP contribution is -2.30. The molecule has 0 fully saturated rings. The maximum atomic E-state index is 12.2. The van der Waals surface area contributed by atoms with Crippen LogP contribution in [0.3, 0.4) is 0 Å². The van der Waals surface area contributed by atoms with Gasteiger partial charge in [-0.1, -0.05) is 23.2 Å². The van der Waals surface area contributed by atoms with E-state index in [2.05, 4.69) is 10.4 Å². The zero-order chi connectivity index (χ0) is 18.0. The van der Waals surface area contributed by atoms with E-state index in [0.29, 0.717) is 21.4 Å². The molecule has 0 aliphatic rings. The van der Waals surface area contributed by atoms with Gasteiger partial charge in [0, 0.05) is 17.1 Å². The second kappa shape index (κ2) is 7.23. The molecular formula is C16H17Cl2N3O3. The molecule has 1 atom stereocenters. The number of carbonyl (C=O) groups is 2. The molecular weight excluding hydrogens is 353 g/mol. The number of nitrogens with one attached hydrogen (secondary N) is 1. The van der Waals surface area contributed by atoms with Crippen molar-refractivity contribution in [1.29, 1.82) is 0 Å². The average molecular weight is 370 g/mol. The maximum Gasteiger partial charge on any atom is 0.339 e. The molecule has 1 aromatic carbocycles. The highest BCUT2D eigenvalue weighted by Gasteiger charge is 2.22. The number of halogens is 2. The van der Waals surface area contributed by atoms with Gasteiger partial charge < -0.3 is 10.1 Å². The molecule has 1 amide bonds. The molecule has 0 saturated heterocycles. The molecule has 128 valence electrons. The van der Waals surface area contributed by atoms with Crippen LogP contribution in [-0.4, -0.2) is 27.8 Å². The van der Waals surface area contributed by atoms with Gasteiger partial charge in [-0.15, -0.1) is 0 Å². The van der Waals surface area contributed by atoms with Crippen LogP contribution in [-0.2, 0) is 16.6 Å². The van der Waals surface area contributed by atoms with Crippen LogP contribution in [0.25, 0.3) is 0 Å². The Morgan fingerprint density at radius 2 is 1.79 bits per heavy atom. The average Bonchev–Trinajstić information content (AvgIpc) is 2.72. The Balaban J connectivity index is 2.07. The number of rotatable bonds is 4. The number of anilines is 1. The van der Waals surface area contributed by atoms with Gasteiger partial charge in [0.25, 0.3) is 5.91 Å². The van der Waals surface area contributed by atoms with E-state index < -0.39 is 18.0 Å². The van der Waals surface area contributed by atoms with Gasteiger partial charge in [-0.2, -0.15) is 5.10 Å². The zero-order valence-electron chi connectivity index (χ0n) is 13.7. The molecule has 1 aromatic heterocycles. The van der Waals surface area contributed by atoms with Gasteiger partial charge in [0.05, 0.1) is 22.6 Å². The van der Waals surface area contributed by atoms with Crippen molar-refractivity contribution in [3.8, 4) is 0 Å². The monoisotopic (exact) mass is 369 g/mol. The first kappa shape index (κ1) is 18.3. The molecule has 0 spiro atoms. The number of hydrogen-bond donors (Lipinski definition) is 1. The lowest BCUT2D eigenvalue weighted by Gasteiger charge is -2.14. The Morgan fingerprint density at radius 3 is 2.29 bits per heavy atom. The van der Waals surface area contributed by atoms with Crippen LogP contribution < -0.4 is 5.32 Å². The summed E-state index contributed by atoms with van der Waals surface area (Å²) in [5, 5.41) is 7.57. The molecule has 24 heavy (non-hydrogen) atoms. The minimum absolute atomic E-state index is 0.181. The van der Waals surface area contributed by atoms with E-state index in [-0.39, 0.29) is 5.56 Å². The van der Waals surface area contributed by atoms with Crippen LogP contribution in [0.4, 0.5) is 5.69 Å². The lowest BCUT2D eigenvalue weighted by atomic mass is 10.2. The number of esters is 1. The molecule has 0 aliphatic carbocycles. The van der Waals surface area contributed by atoms with Crippen molar-refractivity contribution in [2.45, 2.75) is 26.9 Å². The number of aryl methyl sites for hydroxylation is 2. The highest BCUT2D eigenvalue weighted by molar-refractivity contribution is 6.35. The highest BCUT2D eigenvalue weighted by Crippen LogP contribution is 2.21. The fourth-order valence-corrected chi connectivity index (χ4v) is 2.66. The molecule has 1 heterocycles. The summed E-state index contributed by atoms with van der Waals surface area (Å²) in [5.41, 5.74) is 2.28. The zero-order valence-corrected chi connectivity index (χ0v) is 15.2. The summed E-state index contributed by atoms with van der Waals surface area (Å²) < 4.78 is 6.83. The molecule has 2 aromatic rings. The third kappa shape index (κ3) is 4.07. The summed E-state index contributed by atoms with van der Waals surface area (Å²) in [4.78, 5) is 24.4. The third-order valence-electron chi connectivity index (χ3n) is 3.51. The van der Waals surface area contributed by atoms with Gasteiger partial charge in [-0.05, 0) is 39.0 Å². The van der Waals surface area contributed by atoms with E-state index >= 15 is 0 Å². The molecule has 0 radical (unpaired) electrons. The standard InChI is InChI=1S/C16H17Cl2N3O3/c1-8-14(9(2)21(4)20-8)19-15(22)10(3)24-16(23)11-5-12(17)7-13(18)6-11/h5-7,10H,1-4H3,(H,19,22)/t10-/m1/s1. The summed E-state index contributed by atoms with van der Waals surface area (Å²) in [5.74, 6) is -1.13. The van der Waals surface area contributed by atoms with Gasteiger partial charge in [0.1, 0.15) is 0 Å². The van der Waals surface area contributed by atoms with Crippen molar-refractivity contribution in [1.82, 2.24) is 9.78 Å². The van der Waals surface area contributed by atoms with E-state index in [1.54, 1.807) is 18.7 Å². The summed E-state index contributed by atoms with van der Waals surface area (Å²) in [6, 6.07) is 4.36. The molecule has 0 saturated carbocycles. The summed E-state index contributed by atoms with van der Waals surface area (Å²) in [7, 11) is 1.78. The SMILES string of the molecule is Cc1nn(C)c(C)c1NC(=O)[C@@H](C)OC(=O)c1cc(Cl)cc(Cl)c1. The molecule has 0 aliphatic heterocycles. The molecule has 2 rings (SSSR count). The van der Waals surface area contributed by atoms with Crippen molar-refractivity contribution >= 4 is 40.8 Å². The predicted molar refractivity (Wildman–Crippen MR) is 92.7 cm³/mol. The molecule has 1 N–H and O–H groups in total. The summed E-state index contributed by atoms with van der Waals surface area (Å²) >= 11 is 11.7. The number of hydrogen-bond acceptors (Lipinski definition) is 4. The summed E-state index contributed by atoms with van der Waals surface area (Å²) in [6.45, 7) is 5.11. The maximum absolute atomic E-state index is 12.2. The van der Waals surface area contributed by atoms with Crippen LogP contribution in [0.2, 0.25) is 10.0 Å². The smallest absolute Gasteiger partial charge is 0.339 e. The number of nitrogens with zero attached hydrogens (tertiary/aromatic N) is 2. The summed E-state index contributed by atoms with van der Waals surface area (Å²) in [6.07, 6.45) is -0.991. The van der Waals surface area contributed by atoms with E-state index in [1.807, 2.05) is 6.92 Å². The van der Waals surface area contributed by atoms with Crippen LogP contribution >= 0.6 is 23.2 Å². The second-order valence-corrected chi connectivity index (χ2v) is 6.24. The number of carbonyl (C=O) groups excluding carboxylic acids is 2. The Morgan fingerprint density at radius 1 is 1.21 bits per heavy atom. The van der Waals surface area contributed by atoms with Crippen molar-refractivity contribution in [2.24, 2.45) is 7.05 Å². The van der Waals surface area contributed by atoms with Gasteiger partial charge in [0.2, 0.25) is 0 Å². The molecule has 0 unspecified atom stereocenters. The molecule has 0 bridgehead atoms. The van der Waals surface area contributed by atoms with Crippen LogP contribution in [0, 0.1) is 13.8 Å². The molecule has 6 nitrogen and oxygen atoms in total. The number of benzene rings is 1. The number of ether oxygens (including phenoxy) is 1. The van der Waals surface area contributed by atoms with E-state index in [1.165, 1.54) is 25.1 Å². The van der Waals surface area contributed by atoms with E-state index in [4.69, 9.17) is 27.9 Å². The van der Waals surface area contributed by atoms with Crippen LogP contribution in [0.5, 0.6) is 0 Å². The Labute approximate surface area is 149 Å². The van der Waals surface area contributed by atoms with E-state index in [9.17, 15) is 9.59 Å². The van der Waals surface area contributed by atoms with Crippen molar-refractivity contribution in [2.75, 3.05) is 5.32 Å². The van der Waals surface area contributed by atoms with Crippen molar-refractivity contribution < 1.29 is 14.3 Å². The third-order valence-corrected chi connectivity index (χ3v) is 3.94. The van der Waals surface area contributed by atoms with Crippen molar-refractivity contribution in [3.05, 3.63) is 45.2 Å². The van der Waals surface area contributed by atoms with Crippen LogP contribution in [0.1, 0.15) is 28.7 Å². The topological polar surface area (TPSA) is 73.2 Å². The first-order valence-corrected chi connectivity index (χ1v) is 7.92. The first-order valence-electron chi connectivity index (χ1n) is 7.17. The Hall–Kier alpha value is -2.05. The largest absolute Gasteiger partial charge is 0.449 e. The normalized spacial score (nSPS) is 11.9. The lowest BCUT2D eigenvalue weighted by molar-refractivity contribution is -0.123. The quantitative estimate of drug-likeness (QED) is 0.836. The van der Waals surface area contributed by atoms with Gasteiger partial charge >= 0.3 is 5.97 Å². The minimum atomic E-state index is -0.991. The van der Waals surface area contributed by atoms with E-state index in [0.717, 1.165) is 5.69 Å². The minimum Gasteiger partial charge on any atom is -0.449 e. The van der Waals surface area contributed by atoms with Gasteiger partial charge in [-0.3, -0.25) is 9.48 Å². The number of amides is 1. The second-order valence-electron chi connectivity index (χ2n) is 5.36. The van der Waals surface area contributed by atoms with Crippen molar-refractivity contribution in [3.63, 3.8) is 0 Å². The highest BCUT2D eigenvalue weighted by atomic mass is 35.5. The number of aromatic nitrogens is 2. The van der Waals surface area contributed by atoms with Gasteiger partial charge in [0.15, 0.2) is 6.10 Å². The molecule has 8 heteroatoms. The Kier molecular flexibility index (Phi) is 5.51. The predicted octanol–water partition coefficient (Wildman–Crippen LogP) is 3.53. The van der Waals surface area contributed by atoms with Gasteiger partial charge in [-0.25, -0.2) is 4.79 Å².